The molecule has 1 rings (SSSR count). The average molecular weight is 223 g/mol. The highest BCUT2D eigenvalue weighted by Gasteiger charge is 2.05. The number of nitrogens with one attached hydrogen (secondary N) is 1. The van der Waals surface area contributed by atoms with Crippen LogP contribution in [0.5, 0.6) is 0 Å². The summed E-state index contributed by atoms with van der Waals surface area (Å²) >= 11 is 5.70. The highest BCUT2D eigenvalue weighted by atomic mass is 35.5. The Labute approximate surface area is 93.7 Å². The molecule has 0 aromatic heterocycles. The smallest absolute Gasteiger partial charge is 0.251 e. The second-order valence-corrected chi connectivity index (χ2v) is 3.92. The number of hydrogen-bond acceptors (Lipinski definition) is 2. The second kappa shape index (κ2) is 5.38. The first-order valence-corrected chi connectivity index (χ1v) is 4.99. The van der Waals surface area contributed by atoms with Gasteiger partial charge >= 0.3 is 0 Å². The lowest BCUT2D eigenvalue weighted by Gasteiger charge is -2.05. The van der Waals surface area contributed by atoms with E-state index < -0.39 is 0 Å². The number of rotatable bonds is 3. The Hall–Kier alpha value is -1.53. The van der Waals surface area contributed by atoms with Crippen LogP contribution in [0.3, 0.4) is 0 Å². The van der Waals surface area contributed by atoms with Gasteiger partial charge in [-0.2, -0.15) is 5.26 Å². The quantitative estimate of drug-likeness (QED) is 0.795. The van der Waals surface area contributed by atoms with Gasteiger partial charge in [0.05, 0.1) is 11.6 Å². The molecule has 0 aliphatic rings. The molecule has 0 radical (unpaired) electrons. The maximum absolute atomic E-state index is 11.5. The van der Waals surface area contributed by atoms with E-state index in [4.69, 9.17) is 16.9 Å². The minimum atomic E-state index is -0.174. The van der Waals surface area contributed by atoms with Gasteiger partial charge in [-0.05, 0) is 31.2 Å². The van der Waals surface area contributed by atoms with Gasteiger partial charge in [0.15, 0.2) is 0 Å². The molecule has 1 amide bonds. The molecule has 0 aliphatic carbocycles. The minimum Gasteiger partial charge on any atom is -0.351 e. The predicted molar refractivity (Wildman–Crippen MR) is 58.8 cm³/mol. The van der Waals surface area contributed by atoms with Crippen LogP contribution in [0, 0.1) is 11.3 Å². The summed E-state index contributed by atoms with van der Waals surface area (Å²) in [5.41, 5.74) is 1.07. The molecule has 1 N–H and O–H groups in total. The SMILES string of the molecule is CC(Cl)CNC(=O)c1ccc(C#N)cc1. The van der Waals surface area contributed by atoms with Crippen molar-refractivity contribution in [3.8, 4) is 6.07 Å². The average Bonchev–Trinajstić information content (AvgIpc) is 2.26. The third kappa shape index (κ3) is 3.61. The molecule has 0 saturated carbocycles. The fourth-order valence-corrected chi connectivity index (χ4v) is 1.11. The van der Waals surface area contributed by atoms with E-state index in [0.717, 1.165) is 0 Å². The van der Waals surface area contributed by atoms with Gasteiger partial charge < -0.3 is 5.32 Å². The van der Waals surface area contributed by atoms with E-state index in [1.165, 1.54) is 0 Å². The molecule has 0 saturated heterocycles. The molecule has 1 atom stereocenters. The Morgan fingerprint density at radius 1 is 1.53 bits per heavy atom. The Balaban J connectivity index is 2.63. The molecule has 0 heterocycles. The number of halogens is 1. The number of benzene rings is 1. The van der Waals surface area contributed by atoms with E-state index in [9.17, 15) is 4.79 Å². The predicted octanol–water partition coefficient (Wildman–Crippen LogP) is 1.92. The van der Waals surface area contributed by atoms with Crippen molar-refractivity contribution in [1.29, 1.82) is 5.26 Å². The zero-order valence-electron chi connectivity index (χ0n) is 8.33. The van der Waals surface area contributed by atoms with Gasteiger partial charge in [0.2, 0.25) is 0 Å². The lowest BCUT2D eigenvalue weighted by Crippen LogP contribution is -2.28. The van der Waals surface area contributed by atoms with E-state index >= 15 is 0 Å². The lowest BCUT2D eigenvalue weighted by atomic mass is 10.1. The van der Waals surface area contributed by atoms with Gasteiger partial charge in [-0.15, -0.1) is 11.6 Å². The van der Waals surface area contributed by atoms with Crippen molar-refractivity contribution >= 4 is 17.5 Å². The van der Waals surface area contributed by atoms with Crippen LogP contribution in [0.2, 0.25) is 0 Å². The molecule has 4 heteroatoms. The molecule has 0 bridgehead atoms. The van der Waals surface area contributed by atoms with Crippen LogP contribution in [0.15, 0.2) is 24.3 Å². The highest BCUT2D eigenvalue weighted by molar-refractivity contribution is 6.20. The summed E-state index contributed by atoms with van der Waals surface area (Å²) in [6.45, 7) is 2.24. The van der Waals surface area contributed by atoms with Crippen LogP contribution < -0.4 is 5.32 Å². The number of carbonyl (C=O) groups excluding carboxylic acids is 1. The summed E-state index contributed by atoms with van der Waals surface area (Å²) < 4.78 is 0. The van der Waals surface area contributed by atoms with Gasteiger partial charge in [0.25, 0.3) is 5.91 Å². The minimum absolute atomic E-state index is 0.0904. The van der Waals surface area contributed by atoms with E-state index in [1.54, 1.807) is 31.2 Å². The number of hydrogen-bond donors (Lipinski definition) is 1. The zero-order valence-corrected chi connectivity index (χ0v) is 9.08. The Bertz CT molecular complexity index is 379. The maximum atomic E-state index is 11.5. The number of nitriles is 1. The largest absolute Gasteiger partial charge is 0.351 e. The van der Waals surface area contributed by atoms with Gasteiger partial charge in [-0.1, -0.05) is 0 Å². The van der Waals surface area contributed by atoms with Crippen molar-refractivity contribution in [3.05, 3.63) is 35.4 Å². The van der Waals surface area contributed by atoms with Crippen molar-refractivity contribution in [2.45, 2.75) is 12.3 Å². The van der Waals surface area contributed by atoms with Crippen LogP contribution in [0.4, 0.5) is 0 Å². The molecule has 0 spiro atoms. The van der Waals surface area contributed by atoms with E-state index in [2.05, 4.69) is 5.32 Å². The highest BCUT2D eigenvalue weighted by Crippen LogP contribution is 2.03. The number of nitrogens with zero attached hydrogens (tertiary/aromatic N) is 1. The summed E-state index contributed by atoms with van der Waals surface area (Å²) in [5.74, 6) is -0.174. The summed E-state index contributed by atoms with van der Waals surface area (Å²) in [6.07, 6.45) is 0. The van der Waals surface area contributed by atoms with Crippen molar-refractivity contribution < 1.29 is 4.79 Å². The molecule has 78 valence electrons. The molecule has 1 aromatic rings. The third-order valence-electron chi connectivity index (χ3n) is 1.82. The van der Waals surface area contributed by atoms with E-state index in [1.807, 2.05) is 6.07 Å². The molecule has 0 aliphatic heterocycles. The number of alkyl halides is 1. The monoisotopic (exact) mass is 222 g/mol. The van der Waals surface area contributed by atoms with E-state index in [-0.39, 0.29) is 11.3 Å². The standard InChI is InChI=1S/C11H11ClN2O/c1-8(12)7-14-11(15)10-4-2-9(6-13)3-5-10/h2-5,8H,7H2,1H3,(H,14,15). The van der Waals surface area contributed by atoms with Gasteiger partial charge in [0.1, 0.15) is 0 Å². The Kier molecular flexibility index (Phi) is 4.14. The summed E-state index contributed by atoms with van der Waals surface area (Å²) in [6, 6.07) is 8.45. The molecule has 1 aromatic carbocycles. The molecule has 15 heavy (non-hydrogen) atoms. The van der Waals surface area contributed by atoms with Crippen LogP contribution >= 0.6 is 11.6 Å². The van der Waals surface area contributed by atoms with Gasteiger partial charge in [0, 0.05) is 17.5 Å². The van der Waals surface area contributed by atoms with Crippen LogP contribution in [-0.2, 0) is 0 Å². The Morgan fingerprint density at radius 2 is 2.13 bits per heavy atom. The number of amides is 1. The molecular formula is C11H11ClN2O. The first-order chi connectivity index (χ1) is 7.13. The topological polar surface area (TPSA) is 52.9 Å². The van der Waals surface area contributed by atoms with Crippen molar-refractivity contribution in [2.24, 2.45) is 0 Å². The first kappa shape index (κ1) is 11.5. The normalized spacial score (nSPS) is 11.5. The van der Waals surface area contributed by atoms with Crippen molar-refractivity contribution in [3.63, 3.8) is 0 Å². The van der Waals surface area contributed by atoms with Gasteiger partial charge in [-0.25, -0.2) is 0 Å². The van der Waals surface area contributed by atoms with Crippen LogP contribution in [-0.4, -0.2) is 17.8 Å². The van der Waals surface area contributed by atoms with E-state index in [0.29, 0.717) is 17.7 Å². The molecule has 3 nitrogen and oxygen atoms in total. The van der Waals surface area contributed by atoms with Crippen molar-refractivity contribution in [1.82, 2.24) is 5.32 Å². The van der Waals surface area contributed by atoms with Gasteiger partial charge in [-0.3, -0.25) is 4.79 Å². The first-order valence-electron chi connectivity index (χ1n) is 4.56. The molecular weight excluding hydrogens is 212 g/mol. The molecule has 1 unspecified atom stereocenters. The van der Waals surface area contributed by atoms with Crippen LogP contribution in [0.1, 0.15) is 22.8 Å². The van der Waals surface area contributed by atoms with Crippen molar-refractivity contribution in [2.75, 3.05) is 6.54 Å². The number of carbonyl (C=O) groups is 1. The zero-order chi connectivity index (χ0) is 11.3. The lowest BCUT2D eigenvalue weighted by molar-refractivity contribution is 0.0954. The second-order valence-electron chi connectivity index (χ2n) is 3.18. The Morgan fingerprint density at radius 3 is 2.60 bits per heavy atom. The third-order valence-corrected chi connectivity index (χ3v) is 1.97. The summed E-state index contributed by atoms with van der Waals surface area (Å²) in [7, 11) is 0. The fourth-order valence-electron chi connectivity index (χ4n) is 1.03. The fraction of sp³-hybridized carbons (Fsp3) is 0.273. The maximum Gasteiger partial charge on any atom is 0.251 e. The summed E-state index contributed by atoms with van der Waals surface area (Å²) in [4.78, 5) is 11.5. The molecule has 0 fully saturated rings. The van der Waals surface area contributed by atoms with Crippen LogP contribution in [0.25, 0.3) is 0 Å². The summed E-state index contributed by atoms with van der Waals surface area (Å²) in [5, 5.41) is 11.2.